The molecule has 1 aliphatic rings. The standard InChI is InChI=1S/C20H19F2N3O5S3/c1-32(27,28)14-3-2-4-15(11-14)33(29,30)25-7-5-12(6-8-25)19(26)24-20-23-18-16(22)9-13(21)10-17(18)31-20/h2-4,9-12H,5-8H2,1H3,(H,23,24,26). The van der Waals surface area contributed by atoms with Gasteiger partial charge in [-0.05, 0) is 37.1 Å². The van der Waals surface area contributed by atoms with Gasteiger partial charge in [-0.15, -0.1) is 0 Å². The van der Waals surface area contributed by atoms with Gasteiger partial charge in [0.1, 0.15) is 11.3 Å². The number of amides is 1. The predicted molar refractivity (Wildman–Crippen MR) is 119 cm³/mol. The number of anilines is 1. The summed E-state index contributed by atoms with van der Waals surface area (Å²) < 4.78 is 78.1. The van der Waals surface area contributed by atoms with Gasteiger partial charge in [0.05, 0.1) is 14.5 Å². The number of benzene rings is 2. The summed E-state index contributed by atoms with van der Waals surface area (Å²) in [6, 6.07) is 7.00. The minimum absolute atomic E-state index is 0.0334. The third-order valence-corrected chi connectivity index (χ3v) is 9.26. The molecule has 0 bridgehead atoms. The van der Waals surface area contributed by atoms with Crippen LogP contribution >= 0.6 is 11.3 Å². The Morgan fingerprint density at radius 1 is 1.09 bits per heavy atom. The molecule has 0 aliphatic carbocycles. The largest absolute Gasteiger partial charge is 0.302 e. The second kappa shape index (κ2) is 8.70. The predicted octanol–water partition coefficient (Wildman–Crippen LogP) is 3.02. The Morgan fingerprint density at radius 3 is 2.42 bits per heavy atom. The van der Waals surface area contributed by atoms with Crippen LogP contribution < -0.4 is 5.32 Å². The zero-order chi connectivity index (χ0) is 24.0. The number of sulfonamides is 1. The molecular formula is C20H19F2N3O5S3. The third kappa shape index (κ3) is 4.90. The fourth-order valence-electron chi connectivity index (χ4n) is 3.59. The molecule has 1 amide bonds. The zero-order valence-electron chi connectivity index (χ0n) is 17.3. The molecule has 1 N–H and O–H groups in total. The highest BCUT2D eigenvalue weighted by atomic mass is 32.2. The van der Waals surface area contributed by atoms with Crippen molar-refractivity contribution in [3.05, 3.63) is 48.0 Å². The highest BCUT2D eigenvalue weighted by Gasteiger charge is 2.33. The number of halogens is 2. The average molecular weight is 516 g/mol. The number of hydrogen-bond acceptors (Lipinski definition) is 7. The fourth-order valence-corrected chi connectivity index (χ4v) is 6.76. The van der Waals surface area contributed by atoms with Gasteiger partial charge in [-0.25, -0.2) is 30.6 Å². The van der Waals surface area contributed by atoms with E-state index in [2.05, 4.69) is 10.3 Å². The Labute approximate surface area is 193 Å². The van der Waals surface area contributed by atoms with E-state index in [9.17, 15) is 30.4 Å². The number of thiazole rings is 1. The first-order valence-electron chi connectivity index (χ1n) is 9.82. The maximum absolute atomic E-state index is 13.8. The van der Waals surface area contributed by atoms with E-state index < -0.39 is 37.4 Å². The summed E-state index contributed by atoms with van der Waals surface area (Å²) in [7, 11) is -7.50. The molecule has 0 spiro atoms. The van der Waals surface area contributed by atoms with Crippen molar-refractivity contribution in [3.63, 3.8) is 0 Å². The maximum atomic E-state index is 13.8. The number of carbonyl (C=O) groups is 1. The molecule has 4 rings (SSSR count). The van der Waals surface area contributed by atoms with E-state index in [0.717, 1.165) is 35.8 Å². The van der Waals surface area contributed by atoms with Gasteiger partial charge in [-0.1, -0.05) is 17.4 Å². The van der Waals surface area contributed by atoms with E-state index >= 15 is 0 Å². The summed E-state index contributed by atoms with van der Waals surface area (Å²) in [6.45, 7) is 0.145. The van der Waals surface area contributed by atoms with Gasteiger partial charge in [0.15, 0.2) is 20.8 Å². The molecule has 1 saturated heterocycles. The smallest absolute Gasteiger partial charge is 0.243 e. The van der Waals surface area contributed by atoms with Crippen LogP contribution in [0.4, 0.5) is 13.9 Å². The quantitative estimate of drug-likeness (QED) is 0.559. The molecule has 176 valence electrons. The number of carbonyl (C=O) groups excluding carboxylic acids is 1. The lowest BCUT2D eigenvalue weighted by Crippen LogP contribution is -2.41. The number of aromatic nitrogens is 1. The van der Waals surface area contributed by atoms with Gasteiger partial charge in [0, 0.05) is 31.3 Å². The summed E-state index contributed by atoms with van der Waals surface area (Å²) in [5, 5.41) is 2.73. The number of nitrogens with one attached hydrogen (secondary N) is 1. The topological polar surface area (TPSA) is 114 Å². The highest BCUT2D eigenvalue weighted by Crippen LogP contribution is 2.30. The average Bonchev–Trinajstić information content (AvgIpc) is 3.16. The van der Waals surface area contributed by atoms with E-state index in [1.807, 2.05) is 0 Å². The molecule has 8 nitrogen and oxygen atoms in total. The van der Waals surface area contributed by atoms with E-state index in [1.54, 1.807) is 0 Å². The van der Waals surface area contributed by atoms with Crippen molar-refractivity contribution in [3.8, 4) is 0 Å². The maximum Gasteiger partial charge on any atom is 0.243 e. The first-order valence-corrected chi connectivity index (χ1v) is 14.0. The molecular weight excluding hydrogens is 496 g/mol. The number of hydrogen-bond donors (Lipinski definition) is 1. The van der Waals surface area contributed by atoms with E-state index in [0.29, 0.717) is 0 Å². The van der Waals surface area contributed by atoms with E-state index in [-0.39, 0.29) is 57.0 Å². The van der Waals surface area contributed by atoms with Gasteiger partial charge < -0.3 is 5.32 Å². The van der Waals surface area contributed by atoms with Crippen molar-refractivity contribution in [1.82, 2.24) is 9.29 Å². The molecule has 1 aliphatic heterocycles. The first kappa shape index (κ1) is 23.7. The summed E-state index contributed by atoms with van der Waals surface area (Å²) in [5.41, 5.74) is -0.0334. The number of piperidine rings is 1. The Kier molecular flexibility index (Phi) is 6.24. The Bertz CT molecular complexity index is 1450. The van der Waals surface area contributed by atoms with Crippen molar-refractivity contribution in [2.45, 2.75) is 22.6 Å². The van der Waals surface area contributed by atoms with Crippen LogP contribution in [0.25, 0.3) is 10.2 Å². The molecule has 1 aromatic heterocycles. The molecule has 1 fully saturated rings. The van der Waals surface area contributed by atoms with E-state index in [4.69, 9.17) is 0 Å². The first-order chi connectivity index (χ1) is 15.4. The summed E-state index contributed by atoms with van der Waals surface area (Å²) in [5.74, 6) is -2.43. The number of fused-ring (bicyclic) bond motifs is 1. The Balaban J connectivity index is 1.43. The molecule has 13 heteroatoms. The molecule has 0 radical (unpaired) electrons. The van der Waals surface area contributed by atoms with Gasteiger partial charge in [-0.2, -0.15) is 4.31 Å². The van der Waals surface area contributed by atoms with Crippen LogP contribution in [0.5, 0.6) is 0 Å². The van der Waals surface area contributed by atoms with Crippen LogP contribution in [0.3, 0.4) is 0 Å². The molecule has 0 saturated carbocycles. The van der Waals surface area contributed by atoms with E-state index in [1.165, 1.54) is 22.5 Å². The van der Waals surface area contributed by atoms with Gasteiger partial charge >= 0.3 is 0 Å². The molecule has 0 unspecified atom stereocenters. The van der Waals surface area contributed by atoms with Crippen molar-refractivity contribution in [2.75, 3.05) is 24.7 Å². The molecule has 0 atom stereocenters. The third-order valence-electron chi connectivity index (χ3n) is 5.34. The van der Waals surface area contributed by atoms with Crippen molar-refractivity contribution >= 4 is 52.5 Å². The van der Waals surface area contributed by atoms with Crippen molar-refractivity contribution in [2.24, 2.45) is 5.92 Å². The minimum Gasteiger partial charge on any atom is -0.302 e. The lowest BCUT2D eigenvalue weighted by Gasteiger charge is -2.30. The monoisotopic (exact) mass is 515 g/mol. The normalized spacial score (nSPS) is 16.2. The minimum atomic E-state index is -3.93. The van der Waals surface area contributed by atoms with Crippen LogP contribution in [-0.4, -0.2) is 51.4 Å². The summed E-state index contributed by atoms with van der Waals surface area (Å²) in [6.07, 6.45) is 1.48. The van der Waals surface area contributed by atoms with Gasteiger partial charge in [0.25, 0.3) is 0 Å². The summed E-state index contributed by atoms with van der Waals surface area (Å²) >= 11 is 0.945. The van der Waals surface area contributed by atoms with Crippen molar-refractivity contribution < 1.29 is 30.4 Å². The summed E-state index contributed by atoms with van der Waals surface area (Å²) in [4.78, 5) is 16.4. The molecule has 2 heterocycles. The number of nitrogens with zero attached hydrogens (tertiary/aromatic N) is 2. The second-order valence-corrected chi connectivity index (χ2v) is 12.7. The zero-order valence-corrected chi connectivity index (χ0v) is 19.7. The van der Waals surface area contributed by atoms with Crippen LogP contribution in [0, 0.1) is 17.6 Å². The van der Waals surface area contributed by atoms with Gasteiger partial charge in [0.2, 0.25) is 15.9 Å². The lowest BCUT2D eigenvalue weighted by molar-refractivity contribution is -0.120. The van der Waals surface area contributed by atoms with Crippen LogP contribution in [0.2, 0.25) is 0 Å². The molecule has 33 heavy (non-hydrogen) atoms. The molecule has 3 aromatic rings. The molecule has 2 aromatic carbocycles. The Morgan fingerprint density at radius 2 is 1.76 bits per heavy atom. The number of rotatable bonds is 5. The van der Waals surface area contributed by atoms with Crippen molar-refractivity contribution in [1.29, 1.82) is 0 Å². The van der Waals surface area contributed by atoms with Crippen LogP contribution in [-0.2, 0) is 24.7 Å². The van der Waals surface area contributed by atoms with Crippen LogP contribution in [0.15, 0.2) is 46.2 Å². The second-order valence-electron chi connectivity index (χ2n) is 7.67. The fraction of sp³-hybridized carbons (Fsp3) is 0.300. The van der Waals surface area contributed by atoms with Gasteiger partial charge in [-0.3, -0.25) is 4.79 Å². The SMILES string of the molecule is CS(=O)(=O)c1cccc(S(=O)(=O)N2CCC(C(=O)Nc3nc4c(F)cc(F)cc4s3)CC2)c1. The Hall–Kier alpha value is -2.48. The van der Waals surface area contributed by atoms with Crippen LogP contribution in [0.1, 0.15) is 12.8 Å². The highest BCUT2D eigenvalue weighted by molar-refractivity contribution is 7.91. The number of sulfone groups is 1. The lowest BCUT2D eigenvalue weighted by atomic mass is 9.97.